The highest BCUT2D eigenvalue weighted by atomic mass is 16.6. The molecule has 1 heterocycles. The van der Waals surface area contributed by atoms with Crippen LogP contribution in [0, 0.1) is 23.2 Å². The number of ether oxygens (including phenoxy) is 1. The van der Waals surface area contributed by atoms with E-state index in [0.29, 0.717) is 17.4 Å². The van der Waals surface area contributed by atoms with Gasteiger partial charge in [-0.05, 0) is 63.2 Å². The highest BCUT2D eigenvalue weighted by molar-refractivity contribution is 5.68. The fraction of sp³-hybridized carbons (Fsp3) is 0.944. The van der Waals surface area contributed by atoms with Crippen LogP contribution in [0.2, 0.25) is 0 Å². The Kier molecular flexibility index (Phi) is 3.95. The van der Waals surface area contributed by atoms with E-state index in [1.165, 1.54) is 19.3 Å². The van der Waals surface area contributed by atoms with Crippen LogP contribution in [-0.2, 0) is 4.74 Å². The number of amides is 1. The molecule has 22 heavy (non-hydrogen) atoms. The van der Waals surface area contributed by atoms with Crippen molar-refractivity contribution in [2.75, 3.05) is 19.6 Å². The molecule has 4 atom stereocenters. The van der Waals surface area contributed by atoms with Crippen molar-refractivity contribution in [2.24, 2.45) is 23.2 Å². The van der Waals surface area contributed by atoms with Crippen LogP contribution in [0.1, 0.15) is 53.9 Å². The van der Waals surface area contributed by atoms with Crippen LogP contribution in [0.25, 0.3) is 0 Å². The Balaban J connectivity index is 1.62. The third kappa shape index (κ3) is 2.86. The molecule has 4 nitrogen and oxygen atoms in total. The van der Waals surface area contributed by atoms with Gasteiger partial charge in [0.15, 0.2) is 0 Å². The molecule has 4 aliphatic rings. The second-order valence-electron chi connectivity index (χ2n) is 9.09. The summed E-state index contributed by atoms with van der Waals surface area (Å²) in [5.41, 5.74) is 0.0876. The number of hydrogen-bond donors (Lipinski definition) is 1. The first-order valence-corrected chi connectivity index (χ1v) is 8.90. The van der Waals surface area contributed by atoms with Crippen molar-refractivity contribution in [3.8, 4) is 0 Å². The van der Waals surface area contributed by atoms with Gasteiger partial charge in [-0.1, -0.05) is 13.8 Å². The third-order valence-corrected chi connectivity index (χ3v) is 6.29. The fourth-order valence-corrected chi connectivity index (χ4v) is 4.91. The van der Waals surface area contributed by atoms with Crippen LogP contribution in [0.15, 0.2) is 0 Å². The average Bonchev–Trinajstić information content (AvgIpc) is 2.45. The number of carbonyl (C=O) groups is 1. The van der Waals surface area contributed by atoms with Gasteiger partial charge in [0.05, 0.1) is 0 Å². The van der Waals surface area contributed by atoms with E-state index >= 15 is 0 Å². The highest BCUT2D eigenvalue weighted by Gasteiger charge is 2.56. The van der Waals surface area contributed by atoms with Gasteiger partial charge in [-0.3, -0.25) is 0 Å². The van der Waals surface area contributed by atoms with Crippen molar-refractivity contribution in [1.29, 1.82) is 0 Å². The minimum atomic E-state index is -0.411. The van der Waals surface area contributed by atoms with Crippen molar-refractivity contribution in [2.45, 2.75) is 65.5 Å². The van der Waals surface area contributed by atoms with Crippen molar-refractivity contribution in [3.63, 3.8) is 0 Å². The zero-order chi connectivity index (χ0) is 16.1. The monoisotopic (exact) mass is 308 g/mol. The molecule has 1 aliphatic heterocycles. The third-order valence-electron chi connectivity index (χ3n) is 6.29. The lowest BCUT2D eigenvalue weighted by Gasteiger charge is -2.62. The summed E-state index contributed by atoms with van der Waals surface area (Å²) in [4.78, 5) is 14.2. The molecule has 1 N–H and O–H groups in total. The maximum absolute atomic E-state index is 12.3. The molecule has 0 radical (unpaired) electrons. The van der Waals surface area contributed by atoms with Crippen LogP contribution in [0.5, 0.6) is 0 Å². The van der Waals surface area contributed by atoms with Gasteiger partial charge in [0.25, 0.3) is 0 Å². The Bertz CT molecular complexity index is 439. The summed E-state index contributed by atoms with van der Waals surface area (Å²) in [6, 6.07) is 0.437. The second-order valence-corrected chi connectivity index (χ2v) is 9.09. The molecule has 1 amide bonds. The van der Waals surface area contributed by atoms with E-state index in [1.807, 2.05) is 25.7 Å². The number of piperazine rings is 1. The molecule has 4 fully saturated rings. The van der Waals surface area contributed by atoms with Crippen LogP contribution in [-0.4, -0.2) is 42.3 Å². The van der Waals surface area contributed by atoms with Gasteiger partial charge in [-0.2, -0.15) is 0 Å². The maximum Gasteiger partial charge on any atom is 0.410 e. The Morgan fingerprint density at radius 1 is 1.27 bits per heavy atom. The average molecular weight is 308 g/mol. The first-order valence-electron chi connectivity index (χ1n) is 8.90. The Morgan fingerprint density at radius 3 is 2.59 bits per heavy atom. The SMILES string of the molecule is CC(C)(C)OC(=O)N1CCNC(C2CC[C@H]3C[C@@H]2C3(C)C)C1. The normalized spacial score (nSPS) is 37.4. The molecule has 3 aliphatic carbocycles. The van der Waals surface area contributed by atoms with Crippen molar-refractivity contribution < 1.29 is 9.53 Å². The summed E-state index contributed by atoms with van der Waals surface area (Å²) in [7, 11) is 0. The van der Waals surface area contributed by atoms with E-state index in [2.05, 4.69) is 19.2 Å². The number of hydrogen-bond acceptors (Lipinski definition) is 3. The number of nitrogens with zero attached hydrogens (tertiary/aromatic N) is 1. The quantitative estimate of drug-likeness (QED) is 0.808. The molecule has 126 valence electrons. The fourth-order valence-electron chi connectivity index (χ4n) is 4.91. The van der Waals surface area contributed by atoms with E-state index in [1.54, 1.807) is 0 Å². The highest BCUT2D eigenvalue weighted by Crippen LogP contribution is 2.62. The van der Waals surface area contributed by atoms with Crippen LogP contribution >= 0.6 is 0 Å². The number of carbonyl (C=O) groups excluding carboxylic acids is 1. The molecule has 4 heteroatoms. The van der Waals surface area contributed by atoms with Crippen LogP contribution < -0.4 is 5.32 Å². The largest absolute Gasteiger partial charge is 0.444 e. The molecule has 2 bridgehead atoms. The van der Waals surface area contributed by atoms with Gasteiger partial charge in [0.1, 0.15) is 5.60 Å². The zero-order valence-electron chi connectivity index (χ0n) is 14.8. The number of fused-ring (bicyclic) bond motifs is 2. The van der Waals surface area contributed by atoms with E-state index in [0.717, 1.165) is 31.5 Å². The summed E-state index contributed by atoms with van der Waals surface area (Å²) in [5.74, 6) is 2.46. The van der Waals surface area contributed by atoms with E-state index in [-0.39, 0.29) is 6.09 Å². The summed E-state index contributed by atoms with van der Waals surface area (Å²) >= 11 is 0. The number of nitrogens with one attached hydrogen (secondary N) is 1. The smallest absolute Gasteiger partial charge is 0.410 e. The molecular formula is C18H32N2O2. The summed E-state index contributed by atoms with van der Waals surface area (Å²) in [6.07, 6.45) is 3.92. The van der Waals surface area contributed by atoms with Gasteiger partial charge < -0.3 is 15.0 Å². The van der Waals surface area contributed by atoms with Crippen molar-refractivity contribution in [1.82, 2.24) is 10.2 Å². The lowest BCUT2D eigenvalue weighted by molar-refractivity contribution is -0.118. The first kappa shape index (κ1) is 16.1. The maximum atomic E-state index is 12.3. The predicted molar refractivity (Wildman–Crippen MR) is 87.7 cm³/mol. The Hall–Kier alpha value is -0.770. The molecule has 4 rings (SSSR count). The second kappa shape index (κ2) is 5.40. The topological polar surface area (TPSA) is 41.6 Å². The molecule has 0 aromatic heterocycles. The van der Waals surface area contributed by atoms with Crippen molar-refractivity contribution in [3.05, 3.63) is 0 Å². The van der Waals surface area contributed by atoms with Crippen LogP contribution in [0.4, 0.5) is 4.79 Å². The summed E-state index contributed by atoms with van der Waals surface area (Å²) in [6.45, 7) is 13.1. The lowest BCUT2D eigenvalue weighted by Crippen LogP contribution is -2.62. The molecule has 0 spiro atoms. The van der Waals surface area contributed by atoms with Crippen LogP contribution in [0.3, 0.4) is 0 Å². The molecule has 0 aromatic carbocycles. The van der Waals surface area contributed by atoms with Gasteiger partial charge in [-0.25, -0.2) is 4.79 Å². The minimum absolute atomic E-state index is 0.152. The van der Waals surface area contributed by atoms with Gasteiger partial charge in [0, 0.05) is 25.7 Å². The van der Waals surface area contributed by atoms with E-state index in [4.69, 9.17) is 4.74 Å². The minimum Gasteiger partial charge on any atom is -0.444 e. The lowest BCUT2D eigenvalue weighted by atomic mass is 9.44. The molecule has 0 aromatic rings. The predicted octanol–water partition coefficient (Wildman–Crippen LogP) is 3.27. The number of rotatable bonds is 1. The Morgan fingerprint density at radius 2 is 2.00 bits per heavy atom. The molecule has 2 unspecified atom stereocenters. The molecular weight excluding hydrogens is 276 g/mol. The standard InChI is InChI=1S/C18H32N2O2/c1-17(2,3)22-16(21)20-9-8-19-15(11-20)13-7-6-12-10-14(13)18(12,4)5/h12-15,19H,6-11H2,1-5H3/t12-,13?,14-,15?/m0/s1. The summed E-state index contributed by atoms with van der Waals surface area (Å²) in [5, 5.41) is 3.68. The molecule has 3 saturated carbocycles. The van der Waals surface area contributed by atoms with E-state index < -0.39 is 5.60 Å². The first-order chi connectivity index (χ1) is 10.2. The van der Waals surface area contributed by atoms with Crippen molar-refractivity contribution >= 4 is 6.09 Å². The van der Waals surface area contributed by atoms with E-state index in [9.17, 15) is 4.79 Å². The zero-order valence-corrected chi connectivity index (χ0v) is 14.8. The molecule has 1 saturated heterocycles. The van der Waals surface area contributed by atoms with Gasteiger partial charge >= 0.3 is 6.09 Å². The van der Waals surface area contributed by atoms with Gasteiger partial charge in [-0.15, -0.1) is 0 Å². The van der Waals surface area contributed by atoms with Gasteiger partial charge in [0.2, 0.25) is 0 Å². The Labute approximate surface area is 135 Å². The summed E-state index contributed by atoms with van der Waals surface area (Å²) < 4.78 is 5.55.